The first kappa shape index (κ1) is 10.4. The lowest BCUT2D eigenvalue weighted by atomic mass is 10.1. The summed E-state index contributed by atoms with van der Waals surface area (Å²) >= 11 is 0. The smallest absolute Gasteiger partial charge is 0.0105 e. The largest absolute Gasteiger partial charge is 0.317 e. The van der Waals surface area contributed by atoms with E-state index in [9.17, 15) is 0 Å². The van der Waals surface area contributed by atoms with E-state index in [1.165, 1.54) is 45.3 Å². The number of nitrogens with zero attached hydrogens (tertiary/aromatic N) is 1. The molecule has 1 aliphatic carbocycles. The van der Waals surface area contributed by atoms with Gasteiger partial charge in [0.05, 0.1) is 0 Å². The molecule has 3 atom stereocenters. The van der Waals surface area contributed by atoms with Gasteiger partial charge in [-0.05, 0) is 57.7 Å². The van der Waals surface area contributed by atoms with Gasteiger partial charge in [0, 0.05) is 12.6 Å². The van der Waals surface area contributed by atoms with Crippen molar-refractivity contribution >= 4 is 0 Å². The van der Waals surface area contributed by atoms with E-state index in [0.717, 1.165) is 17.9 Å². The average molecular weight is 196 g/mol. The van der Waals surface area contributed by atoms with Crippen LogP contribution in [0.25, 0.3) is 0 Å². The van der Waals surface area contributed by atoms with Crippen LogP contribution in [-0.2, 0) is 0 Å². The van der Waals surface area contributed by atoms with Crippen LogP contribution in [0.15, 0.2) is 0 Å². The molecule has 14 heavy (non-hydrogen) atoms. The molecule has 0 spiro atoms. The number of hydrogen-bond acceptors (Lipinski definition) is 2. The van der Waals surface area contributed by atoms with Crippen LogP contribution in [0.2, 0.25) is 0 Å². The Labute approximate surface area is 88.1 Å². The summed E-state index contributed by atoms with van der Waals surface area (Å²) in [4.78, 5) is 2.61. The van der Waals surface area contributed by atoms with Crippen molar-refractivity contribution < 1.29 is 0 Å². The molecule has 0 aromatic carbocycles. The summed E-state index contributed by atoms with van der Waals surface area (Å²) in [5.41, 5.74) is 0. The van der Waals surface area contributed by atoms with Gasteiger partial charge < -0.3 is 10.2 Å². The summed E-state index contributed by atoms with van der Waals surface area (Å²) in [6.45, 7) is 6.17. The molecular formula is C12H24N2. The third-order valence-corrected chi connectivity index (χ3v) is 3.97. The summed E-state index contributed by atoms with van der Waals surface area (Å²) in [6.07, 6.45) is 5.56. The summed E-state index contributed by atoms with van der Waals surface area (Å²) in [7, 11) is 2.32. The number of nitrogens with one attached hydrogen (secondary N) is 1. The van der Waals surface area contributed by atoms with Crippen LogP contribution in [0.1, 0.15) is 32.6 Å². The molecule has 82 valence electrons. The average Bonchev–Trinajstić information content (AvgIpc) is 2.89. The van der Waals surface area contributed by atoms with Crippen LogP contribution >= 0.6 is 0 Å². The first-order valence-electron chi connectivity index (χ1n) is 6.18. The van der Waals surface area contributed by atoms with Crippen molar-refractivity contribution in [3.05, 3.63) is 0 Å². The lowest BCUT2D eigenvalue weighted by molar-refractivity contribution is 0.213. The van der Waals surface area contributed by atoms with Crippen LogP contribution in [0.4, 0.5) is 0 Å². The Bertz CT molecular complexity index is 173. The molecule has 2 rings (SSSR count). The van der Waals surface area contributed by atoms with E-state index in [0.29, 0.717) is 0 Å². The molecule has 1 heterocycles. The van der Waals surface area contributed by atoms with Gasteiger partial charge in [-0.2, -0.15) is 0 Å². The van der Waals surface area contributed by atoms with Gasteiger partial charge in [0.15, 0.2) is 0 Å². The SMILES string of the molecule is CC1CC1CN(C)C1CCCNCC1. The minimum absolute atomic E-state index is 0.845. The summed E-state index contributed by atoms with van der Waals surface area (Å²) in [5.74, 6) is 2.01. The molecule has 2 aliphatic rings. The summed E-state index contributed by atoms with van der Waals surface area (Å²) in [5, 5.41) is 3.48. The molecule has 0 amide bonds. The van der Waals surface area contributed by atoms with E-state index in [2.05, 4.69) is 24.2 Å². The van der Waals surface area contributed by atoms with E-state index in [1.807, 2.05) is 0 Å². The highest BCUT2D eigenvalue weighted by Gasteiger charge is 2.34. The zero-order valence-corrected chi connectivity index (χ0v) is 9.63. The van der Waals surface area contributed by atoms with Crippen molar-refractivity contribution in [1.82, 2.24) is 10.2 Å². The summed E-state index contributed by atoms with van der Waals surface area (Å²) in [6, 6.07) is 0.845. The Morgan fingerprint density at radius 2 is 2.07 bits per heavy atom. The minimum atomic E-state index is 0.845. The highest BCUT2D eigenvalue weighted by atomic mass is 15.1. The fourth-order valence-corrected chi connectivity index (χ4v) is 2.61. The van der Waals surface area contributed by atoms with Crippen molar-refractivity contribution in [2.24, 2.45) is 11.8 Å². The maximum atomic E-state index is 3.48. The maximum Gasteiger partial charge on any atom is 0.0105 e. The zero-order valence-electron chi connectivity index (χ0n) is 9.63. The van der Waals surface area contributed by atoms with E-state index in [4.69, 9.17) is 0 Å². The van der Waals surface area contributed by atoms with Gasteiger partial charge in [0.2, 0.25) is 0 Å². The van der Waals surface area contributed by atoms with Gasteiger partial charge in [-0.25, -0.2) is 0 Å². The first-order valence-corrected chi connectivity index (χ1v) is 6.18. The third kappa shape index (κ3) is 2.71. The van der Waals surface area contributed by atoms with Crippen molar-refractivity contribution in [2.45, 2.75) is 38.6 Å². The molecule has 0 aromatic rings. The second-order valence-corrected chi connectivity index (χ2v) is 5.25. The Hall–Kier alpha value is -0.0800. The Kier molecular flexibility index (Phi) is 3.45. The fraction of sp³-hybridized carbons (Fsp3) is 1.00. The Balaban J connectivity index is 1.74. The molecule has 1 saturated carbocycles. The van der Waals surface area contributed by atoms with E-state index < -0.39 is 0 Å². The van der Waals surface area contributed by atoms with E-state index in [-0.39, 0.29) is 0 Å². The van der Waals surface area contributed by atoms with Crippen LogP contribution in [0, 0.1) is 11.8 Å². The van der Waals surface area contributed by atoms with Crippen molar-refractivity contribution in [3.63, 3.8) is 0 Å². The maximum absolute atomic E-state index is 3.48. The van der Waals surface area contributed by atoms with Gasteiger partial charge in [-0.1, -0.05) is 6.92 Å². The predicted octanol–water partition coefficient (Wildman–Crippen LogP) is 1.72. The fourth-order valence-electron chi connectivity index (χ4n) is 2.61. The molecule has 2 nitrogen and oxygen atoms in total. The van der Waals surface area contributed by atoms with Crippen molar-refractivity contribution in [2.75, 3.05) is 26.7 Å². The zero-order chi connectivity index (χ0) is 9.97. The second kappa shape index (κ2) is 4.63. The topological polar surface area (TPSA) is 15.3 Å². The Morgan fingerprint density at radius 1 is 1.29 bits per heavy atom. The van der Waals surface area contributed by atoms with Crippen LogP contribution in [-0.4, -0.2) is 37.6 Å². The molecule has 3 unspecified atom stereocenters. The van der Waals surface area contributed by atoms with Gasteiger partial charge in [-0.15, -0.1) is 0 Å². The monoisotopic (exact) mass is 196 g/mol. The minimum Gasteiger partial charge on any atom is -0.317 e. The lowest BCUT2D eigenvalue weighted by Crippen LogP contribution is -2.34. The molecule has 0 bridgehead atoms. The molecule has 1 N–H and O–H groups in total. The quantitative estimate of drug-likeness (QED) is 0.739. The standard InChI is InChI=1S/C12H24N2/c1-10-8-11(10)9-14(2)12-4-3-6-13-7-5-12/h10-13H,3-9H2,1-2H3. The van der Waals surface area contributed by atoms with Gasteiger partial charge >= 0.3 is 0 Å². The van der Waals surface area contributed by atoms with Crippen LogP contribution in [0.5, 0.6) is 0 Å². The molecule has 1 aliphatic heterocycles. The highest BCUT2D eigenvalue weighted by Crippen LogP contribution is 2.38. The van der Waals surface area contributed by atoms with E-state index in [1.54, 1.807) is 0 Å². The van der Waals surface area contributed by atoms with Gasteiger partial charge in [0.1, 0.15) is 0 Å². The van der Waals surface area contributed by atoms with Crippen molar-refractivity contribution in [1.29, 1.82) is 0 Å². The van der Waals surface area contributed by atoms with Gasteiger partial charge in [-0.3, -0.25) is 0 Å². The van der Waals surface area contributed by atoms with E-state index >= 15 is 0 Å². The summed E-state index contributed by atoms with van der Waals surface area (Å²) < 4.78 is 0. The first-order chi connectivity index (χ1) is 6.77. The molecule has 0 radical (unpaired) electrons. The lowest BCUT2D eigenvalue weighted by Gasteiger charge is -2.26. The molecular weight excluding hydrogens is 172 g/mol. The second-order valence-electron chi connectivity index (χ2n) is 5.25. The van der Waals surface area contributed by atoms with Crippen LogP contribution in [0.3, 0.4) is 0 Å². The predicted molar refractivity (Wildman–Crippen MR) is 60.4 cm³/mol. The normalized spacial score (nSPS) is 38.4. The number of rotatable bonds is 3. The van der Waals surface area contributed by atoms with Crippen LogP contribution < -0.4 is 5.32 Å². The number of hydrogen-bond donors (Lipinski definition) is 1. The third-order valence-electron chi connectivity index (χ3n) is 3.97. The molecule has 1 saturated heterocycles. The highest BCUT2D eigenvalue weighted by molar-refractivity contribution is 4.86. The Morgan fingerprint density at radius 3 is 2.79 bits per heavy atom. The molecule has 2 fully saturated rings. The van der Waals surface area contributed by atoms with Gasteiger partial charge in [0.25, 0.3) is 0 Å². The molecule has 2 heteroatoms. The van der Waals surface area contributed by atoms with Crippen molar-refractivity contribution in [3.8, 4) is 0 Å². The molecule has 0 aromatic heterocycles.